The molecule has 2 rings (SSSR count). The smallest absolute Gasteiger partial charge is 0.331 e. The predicted octanol–water partition coefficient (Wildman–Crippen LogP) is 6.63. The van der Waals surface area contributed by atoms with Crippen molar-refractivity contribution < 1.29 is 28.2 Å². The van der Waals surface area contributed by atoms with Gasteiger partial charge in [0.2, 0.25) is 5.78 Å². The number of carbonyl (C=O) groups is 2. The quantitative estimate of drug-likeness (QED) is 0.108. The molecule has 0 aliphatic carbocycles. The third-order valence-corrected chi connectivity index (χ3v) is 12.7. The number of esters is 1. The van der Waals surface area contributed by atoms with Crippen molar-refractivity contribution >= 4 is 28.1 Å². The summed E-state index contributed by atoms with van der Waals surface area (Å²) in [6, 6.07) is 10.5. The van der Waals surface area contributed by atoms with Crippen LogP contribution in [0.3, 0.4) is 0 Å². The Morgan fingerprint density at radius 1 is 1.15 bits per heavy atom. The average Bonchev–Trinajstić information content (AvgIpc) is 2.92. The predicted molar refractivity (Wildman–Crippen MR) is 162 cm³/mol. The lowest BCUT2D eigenvalue weighted by atomic mass is 9.93. The summed E-state index contributed by atoms with van der Waals surface area (Å²) in [6.45, 7) is 15.2. The highest BCUT2D eigenvalue weighted by molar-refractivity contribution is 6.84. The van der Waals surface area contributed by atoms with Gasteiger partial charge in [0.15, 0.2) is 8.32 Å². The number of rotatable bonds is 14. The van der Waals surface area contributed by atoms with E-state index in [1.807, 2.05) is 49.4 Å². The molecule has 1 aromatic rings. The number of methoxy groups -OCH3 is 1. The van der Waals surface area contributed by atoms with E-state index < -0.39 is 34.2 Å². The van der Waals surface area contributed by atoms with E-state index in [0.717, 1.165) is 29.4 Å². The average molecular weight is 571 g/mol. The molecule has 1 aromatic carbocycles. The number of Topliss-reactive ketones (excluding diaryl/α,β-unsaturated/α-hetero) is 1. The normalized spacial score (nSPS) is 18.2. The van der Waals surface area contributed by atoms with Crippen molar-refractivity contribution in [2.24, 2.45) is 0 Å². The van der Waals surface area contributed by atoms with E-state index in [-0.39, 0.29) is 18.2 Å². The molecule has 0 radical (unpaired) electrons. The van der Waals surface area contributed by atoms with Gasteiger partial charge in [-0.25, -0.2) is 4.79 Å². The molecular formula is C31H46O6Si2. The Labute approximate surface area is 237 Å². The maximum absolute atomic E-state index is 13.2. The Morgan fingerprint density at radius 3 is 2.33 bits per heavy atom. The Balaban J connectivity index is 2.48. The van der Waals surface area contributed by atoms with E-state index in [9.17, 15) is 9.59 Å². The summed E-state index contributed by atoms with van der Waals surface area (Å²) in [5.41, 5.74) is 3.23. The van der Waals surface area contributed by atoms with Gasteiger partial charge in [-0.3, -0.25) is 4.79 Å². The first kappa shape index (κ1) is 32.8. The van der Waals surface area contributed by atoms with Crippen LogP contribution >= 0.6 is 0 Å². The van der Waals surface area contributed by atoms with Gasteiger partial charge in [0.1, 0.15) is 19.9 Å². The molecule has 0 saturated heterocycles. The van der Waals surface area contributed by atoms with E-state index in [4.69, 9.17) is 18.6 Å². The molecule has 0 saturated carbocycles. The molecule has 214 valence electrons. The lowest BCUT2D eigenvalue weighted by molar-refractivity contribution is -0.141. The first-order valence-electron chi connectivity index (χ1n) is 13.9. The van der Waals surface area contributed by atoms with Gasteiger partial charge in [-0.05, 0) is 54.7 Å². The van der Waals surface area contributed by atoms with Gasteiger partial charge >= 0.3 is 5.97 Å². The molecule has 0 amide bonds. The number of hydrogen-bond donors (Lipinski definition) is 0. The van der Waals surface area contributed by atoms with E-state index in [1.54, 1.807) is 7.11 Å². The SMILES string of the molecule is CC[Si](CC)(CC)O[C@](C)(/C=C/[C@H]1CC=CC(=O)O1)[C@@H](CC(=O)C#C[Si](C)(C)C)OCc1ccc(OC)cc1. The molecule has 0 unspecified atom stereocenters. The van der Waals surface area contributed by atoms with Crippen LogP contribution in [0.4, 0.5) is 0 Å². The van der Waals surface area contributed by atoms with Gasteiger partial charge in [-0.2, -0.15) is 0 Å². The summed E-state index contributed by atoms with van der Waals surface area (Å²) < 4.78 is 24.4. The van der Waals surface area contributed by atoms with Crippen molar-refractivity contribution in [3.8, 4) is 17.2 Å². The molecule has 0 spiro atoms. The van der Waals surface area contributed by atoms with Crippen molar-refractivity contribution in [2.75, 3.05) is 7.11 Å². The van der Waals surface area contributed by atoms with Gasteiger partial charge in [-0.1, -0.05) is 64.7 Å². The van der Waals surface area contributed by atoms with Crippen LogP contribution in [0.2, 0.25) is 37.8 Å². The zero-order valence-electron chi connectivity index (χ0n) is 25.0. The molecule has 39 heavy (non-hydrogen) atoms. The Bertz CT molecular complexity index is 1060. The number of ether oxygens (including phenoxy) is 3. The van der Waals surface area contributed by atoms with Crippen LogP contribution in [0.15, 0.2) is 48.6 Å². The van der Waals surface area contributed by atoms with Crippen molar-refractivity contribution in [1.82, 2.24) is 0 Å². The minimum Gasteiger partial charge on any atom is -0.497 e. The lowest BCUT2D eigenvalue weighted by Crippen LogP contribution is -2.52. The Morgan fingerprint density at radius 2 is 1.79 bits per heavy atom. The van der Waals surface area contributed by atoms with E-state index >= 15 is 0 Å². The summed E-state index contributed by atoms with van der Waals surface area (Å²) in [5.74, 6) is 3.13. The first-order chi connectivity index (χ1) is 18.4. The summed E-state index contributed by atoms with van der Waals surface area (Å²) in [7, 11) is -2.24. The molecule has 1 aliphatic heterocycles. The van der Waals surface area contributed by atoms with Crippen LogP contribution < -0.4 is 4.74 Å². The Kier molecular flexibility index (Phi) is 12.4. The molecule has 8 heteroatoms. The highest BCUT2D eigenvalue weighted by Gasteiger charge is 2.43. The molecule has 0 fully saturated rings. The van der Waals surface area contributed by atoms with E-state index in [0.29, 0.717) is 13.0 Å². The van der Waals surface area contributed by atoms with Crippen LogP contribution in [-0.4, -0.2) is 53.1 Å². The molecule has 6 nitrogen and oxygen atoms in total. The molecular weight excluding hydrogens is 525 g/mol. The lowest BCUT2D eigenvalue weighted by Gasteiger charge is -2.43. The van der Waals surface area contributed by atoms with Gasteiger partial charge in [-0.15, -0.1) is 5.54 Å². The number of carbonyl (C=O) groups excluding carboxylic acids is 2. The highest BCUT2D eigenvalue weighted by atomic mass is 28.4. The molecule has 0 aromatic heterocycles. The summed E-state index contributed by atoms with van der Waals surface area (Å²) in [5, 5.41) is 0. The first-order valence-corrected chi connectivity index (χ1v) is 20.0. The van der Waals surface area contributed by atoms with Crippen LogP contribution in [-0.2, 0) is 30.1 Å². The summed E-state index contributed by atoms with van der Waals surface area (Å²) >= 11 is 0. The fraction of sp³-hybridized carbons (Fsp3) is 0.548. The zero-order chi connectivity index (χ0) is 29.1. The number of ketones is 1. The van der Waals surface area contributed by atoms with Gasteiger partial charge in [0.25, 0.3) is 0 Å². The fourth-order valence-electron chi connectivity index (χ4n) is 4.41. The zero-order valence-corrected chi connectivity index (χ0v) is 27.0. The van der Waals surface area contributed by atoms with Crippen molar-refractivity contribution in [3.05, 3.63) is 54.1 Å². The van der Waals surface area contributed by atoms with Gasteiger partial charge < -0.3 is 18.6 Å². The number of benzene rings is 1. The van der Waals surface area contributed by atoms with Crippen molar-refractivity contribution in [1.29, 1.82) is 0 Å². The van der Waals surface area contributed by atoms with Gasteiger partial charge in [0, 0.05) is 18.9 Å². The largest absolute Gasteiger partial charge is 0.497 e. The highest BCUT2D eigenvalue weighted by Crippen LogP contribution is 2.34. The van der Waals surface area contributed by atoms with Crippen LogP contribution in [0.1, 0.15) is 46.1 Å². The maximum Gasteiger partial charge on any atom is 0.331 e. The topological polar surface area (TPSA) is 71.1 Å². The number of cyclic esters (lactones) is 1. The van der Waals surface area contributed by atoms with E-state index in [1.165, 1.54) is 6.08 Å². The second kappa shape index (κ2) is 14.8. The molecule has 1 aliphatic rings. The second-order valence-corrected chi connectivity index (χ2v) is 20.7. The Hall–Kier alpha value is -2.45. The second-order valence-electron chi connectivity index (χ2n) is 11.3. The van der Waals surface area contributed by atoms with Crippen LogP contribution in [0.25, 0.3) is 0 Å². The molecule has 3 atom stereocenters. The standard InChI is InChI=1S/C31H46O6Si2/c1-9-39(10-2,11-3)37-31(4,21-19-28-13-12-14-30(33)36-28)29(23-26(32)20-22-38(6,7)8)35-24-25-15-17-27(34-5)18-16-25/h12,14-19,21,28-29H,9-11,13,23-24H2,1-8H3/b21-19+/t28-,29-,31-/m1/s1. The van der Waals surface area contributed by atoms with Crippen LogP contribution in [0, 0.1) is 11.5 Å². The minimum atomic E-state index is -2.15. The van der Waals surface area contributed by atoms with Crippen LogP contribution in [0.5, 0.6) is 5.75 Å². The molecule has 0 N–H and O–H groups in total. The van der Waals surface area contributed by atoms with E-state index in [2.05, 4.69) is 51.9 Å². The fourth-order valence-corrected chi connectivity index (χ4v) is 7.99. The number of hydrogen-bond acceptors (Lipinski definition) is 6. The third-order valence-electron chi connectivity index (χ3n) is 7.10. The molecule has 0 bridgehead atoms. The minimum absolute atomic E-state index is 0.0977. The van der Waals surface area contributed by atoms with Crippen molar-refractivity contribution in [2.45, 2.75) is 103 Å². The van der Waals surface area contributed by atoms with Crippen molar-refractivity contribution in [3.63, 3.8) is 0 Å². The van der Waals surface area contributed by atoms with Gasteiger partial charge in [0.05, 0.1) is 25.4 Å². The summed E-state index contributed by atoms with van der Waals surface area (Å²) in [6.07, 6.45) is 6.79. The third kappa shape index (κ3) is 10.6. The summed E-state index contributed by atoms with van der Waals surface area (Å²) in [4.78, 5) is 25.0. The molecule has 1 heterocycles. The monoisotopic (exact) mass is 570 g/mol. The maximum atomic E-state index is 13.2.